The van der Waals surface area contributed by atoms with Crippen molar-refractivity contribution in [1.29, 1.82) is 0 Å². The minimum Gasteiger partial charge on any atom is -0.384 e. The first-order valence-corrected chi connectivity index (χ1v) is 15.8. The molecule has 0 saturated heterocycles. The lowest BCUT2D eigenvalue weighted by molar-refractivity contribution is 0.358. The highest BCUT2D eigenvalue weighted by molar-refractivity contribution is 5.97. The third-order valence-electron chi connectivity index (χ3n) is 8.59. The number of benzene rings is 1. The number of anilines is 1. The smallest absolute Gasteiger partial charge is 0.159 e. The van der Waals surface area contributed by atoms with Crippen LogP contribution < -0.4 is 5.32 Å². The molecule has 0 radical (unpaired) electrons. The number of hydrogen-bond acceptors (Lipinski definition) is 6. The summed E-state index contributed by atoms with van der Waals surface area (Å²) in [6.45, 7) is 7.68. The maximum absolute atomic E-state index is 14.7. The van der Waals surface area contributed by atoms with Crippen LogP contribution in [0.5, 0.6) is 0 Å². The molecule has 1 aromatic carbocycles. The Morgan fingerprint density at radius 3 is 2.71 bits per heavy atom. The third kappa shape index (κ3) is 6.88. The number of fused-ring (bicyclic) bond motifs is 2. The molecular weight excluding hydrogens is 563 g/mol. The highest BCUT2D eigenvalue weighted by atomic mass is 19.1. The number of pyridine rings is 2. The zero-order valence-electron chi connectivity index (χ0n) is 26.3. The van der Waals surface area contributed by atoms with Gasteiger partial charge in [0.2, 0.25) is 0 Å². The van der Waals surface area contributed by atoms with Crippen molar-refractivity contribution in [3.8, 4) is 22.8 Å². The minimum atomic E-state index is -0.333. The van der Waals surface area contributed by atoms with Gasteiger partial charge in [-0.25, -0.2) is 9.37 Å². The topological polar surface area (TPSA) is 98.4 Å². The maximum Gasteiger partial charge on any atom is 0.159 e. The van der Waals surface area contributed by atoms with Crippen LogP contribution in [0.2, 0.25) is 0 Å². The van der Waals surface area contributed by atoms with Crippen LogP contribution >= 0.6 is 0 Å². The van der Waals surface area contributed by atoms with E-state index in [1.165, 1.54) is 49.8 Å². The number of allylic oxidation sites excluding steroid dienone is 5. The van der Waals surface area contributed by atoms with Crippen molar-refractivity contribution < 1.29 is 4.39 Å². The van der Waals surface area contributed by atoms with E-state index in [-0.39, 0.29) is 5.82 Å². The van der Waals surface area contributed by atoms with Gasteiger partial charge >= 0.3 is 0 Å². The number of nitrogens with one attached hydrogen (secondary N) is 3. The summed E-state index contributed by atoms with van der Waals surface area (Å²) in [5, 5.41) is 11.9. The fourth-order valence-electron chi connectivity index (χ4n) is 6.20. The summed E-state index contributed by atoms with van der Waals surface area (Å²) in [7, 11) is 4.01. The predicted molar refractivity (Wildman–Crippen MR) is 182 cm³/mol. The number of likely N-dealkylation sites (N-methyl/N-ethyl adjacent to an activating group) is 1. The van der Waals surface area contributed by atoms with Gasteiger partial charge in [0, 0.05) is 35.9 Å². The summed E-state index contributed by atoms with van der Waals surface area (Å²) in [6.07, 6.45) is 17.5. The first kappa shape index (κ1) is 30.4. The SMILES string of the molecule is C=C/C(=C\C(=C/C)c1cc2c(-c3nc4c(-c5cc(F)cc(NCCN(C)C)c5)nccc4[nH]3)n[nH]c2cn1)CC1CCCCC1. The molecule has 0 amide bonds. The summed E-state index contributed by atoms with van der Waals surface area (Å²) in [5.41, 5.74) is 8.06. The van der Waals surface area contributed by atoms with E-state index in [2.05, 4.69) is 55.2 Å². The van der Waals surface area contributed by atoms with Gasteiger partial charge in [0.15, 0.2) is 5.82 Å². The fraction of sp³-hybridized carbons (Fsp3) is 0.333. The van der Waals surface area contributed by atoms with Crippen molar-refractivity contribution >= 4 is 33.2 Å². The van der Waals surface area contributed by atoms with Gasteiger partial charge in [0.1, 0.15) is 17.0 Å². The molecule has 0 aliphatic heterocycles. The molecule has 3 N–H and O–H groups in total. The lowest BCUT2D eigenvalue weighted by Gasteiger charge is -2.22. The number of rotatable bonds is 11. The van der Waals surface area contributed by atoms with Gasteiger partial charge in [-0.3, -0.25) is 15.1 Å². The molecule has 0 spiro atoms. The number of nitrogens with zero attached hydrogens (tertiary/aromatic N) is 5. The number of hydrogen-bond donors (Lipinski definition) is 3. The highest BCUT2D eigenvalue weighted by Crippen LogP contribution is 2.34. The van der Waals surface area contributed by atoms with Crippen LogP contribution in [-0.2, 0) is 0 Å². The highest BCUT2D eigenvalue weighted by Gasteiger charge is 2.19. The van der Waals surface area contributed by atoms with Crippen molar-refractivity contribution in [2.75, 3.05) is 32.5 Å². The summed E-state index contributed by atoms with van der Waals surface area (Å²) < 4.78 is 14.7. The van der Waals surface area contributed by atoms with Crippen molar-refractivity contribution in [1.82, 2.24) is 35.0 Å². The molecule has 0 bridgehead atoms. The van der Waals surface area contributed by atoms with Crippen LogP contribution in [0, 0.1) is 11.7 Å². The molecule has 5 aromatic rings. The molecule has 0 unspecified atom stereocenters. The number of H-pyrrole nitrogens is 2. The molecule has 1 aliphatic rings. The van der Waals surface area contributed by atoms with Gasteiger partial charge in [-0.05, 0) is 80.9 Å². The minimum absolute atomic E-state index is 0.333. The quantitative estimate of drug-likeness (QED) is 0.132. The first-order valence-electron chi connectivity index (χ1n) is 15.8. The van der Waals surface area contributed by atoms with E-state index in [0.717, 1.165) is 46.6 Å². The van der Waals surface area contributed by atoms with Crippen molar-refractivity contribution in [2.24, 2.45) is 5.92 Å². The van der Waals surface area contributed by atoms with Gasteiger partial charge < -0.3 is 15.2 Å². The molecule has 4 aromatic heterocycles. The molecule has 6 rings (SSSR count). The Balaban J connectivity index is 1.33. The standard InChI is InChI=1S/C36H41FN8/c1-5-23(16-24-10-8-7-9-11-24)17-25(6-2)31-21-29-32(22-40-31)43-44-34(29)36-41-30-12-13-39-33(35(30)42-36)26-18-27(37)20-28(19-26)38-14-15-45(3)4/h5-6,12-13,17-22,24,38H,1,7-11,14-16H2,2-4H3,(H,41,42)(H,43,44)/b23-17+,25-6+. The third-order valence-corrected chi connectivity index (χ3v) is 8.59. The largest absolute Gasteiger partial charge is 0.384 e. The summed E-state index contributed by atoms with van der Waals surface area (Å²) in [5.74, 6) is 0.993. The van der Waals surface area contributed by atoms with Crippen LogP contribution in [-0.4, -0.2) is 62.2 Å². The molecule has 1 aliphatic carbocycles. The van der Waals surface area contributed by atoms with Gasteiger partial charge in [-0.2, -0.15) is 5.10 Å². The molecule has 45 heavy (non-hydrogen) atoms. The summed E-state index contributed by atoms with van der Waals surface area (Å²) in [4.78, 5) is 19.8. The van der Waals surface area contributed by atoms with E-state index >= 15 is 0 Å². The Morgan fingerprint density at radius 2 is 1.93 bits per heavy atom. The van der Waals surface area contributed by atoms with Crippen LogP contribution in [0.3, 0.4) is 0 Å². The van der Waals surface area contributed by atoms with Gasteiger partial charge in [-0.15, -0.1) is 0 Å². The van der Waals surface area contributed by atoms with Gasteiger partial charge in [-0.1, -0.05) is 50.8 Å². The normalized spacial score (nSPS) is 15.0. The van der Waals surface area contributed by atoms with Crippen molar-refractivity contribution in [3.05, 3.63) is 84.6 Å². The lowest BCUT2D eigenvalue weighted by atomic mass is 9.84. The lowest BCUT2D eigenvalue weighted by Crippen LogP contribution is -2.20. The first-order chi connectivity index (χ1) is 21.9. The van der Waals surface area contributed by atoms with Crippen molar-refractivity contribution in [3.63, 3.8) is 0 Å². The van der Waals surface area contributed by atoms with E-state index in [0.29, 0.717) is 40.5 Å². The van der Waals surface area contributed by atoms with E-state index in [9.17, 15) is 4.39 Å². The Hall–Kier alpha value is -4.63. The van der Waals surface area contributed by atoms with E-state index < -0.39 is 0 Å². The molecule has 4 heterocycles. The van der Waals surface area contributed by atoms with Gasteiger partial charge in [0.25, 0.3) is 0 Å². The van der Waals surface area contributed by atoms with Gasteiger partial charge in [0.05, 0.1) is 28.6 Å². The Morgan fingerprint density at radius 1 is 1.09 bits per heavy atom. The second-order valence-electron chi connectivity index (χ2n) is 12.2. The van der Waals surface area contributed by atoms with E-state index in [1.807, 2.05) is 45.4 Å². The fourth-order valence-corrected chi connectivity index (χ4v) is 6.20. The number of halogens is 1. The summed E-state index contributed by atoms with van der Waals surface area (Å²) in [6, 6.07) is 8.84. The summed E-state index contributed by atoms with van der Waals surface area (Å²) >= 11 is 0. The Bertz CT molecular complexity index is 1870. The van der Waals surface area contributed by atoms with Crippen LogP contribution in [0.25, 0.3) is 50.3 Å². The Labute approximate surface area is 263 Å². The maximum atomic E-state index is 14.7. The molecule has 0 atom stereocenters. The Kier molecular flexibility index (Phi) is 9.16. The molecule has 9 heteroatoms. The average molecular weight is 605 g/mol. The van der Waals surface area contributed by atoms with Crippen LogP contribution in [0.15, 0.2) is 73.1 Å². The number of imidazole rings is 1. The zero-order valence-corrected chi connectivity index (χ0v) is 26.3. The van der Waals surface area contributed by atoms with Crippen LogP contribution in [0.1, 0.15) is 51.1 Å². The zero-order chi connectivity index (χ0) is 31.3. The monoisotopic (exact) mass is 604 g/mol. The van der Waals surface area contributed by atoms with Crippen molar-refractivity contribution in [2.45, 2.75) is 45.4 Å². The molecular formula is C36H41FN8. The number of aromatic amines is 2. The van der Waals surface area contributed by atoms with E-state index in [1.54, 1.807) is 6.20 Å². The van der Waals surface area contributed by atoms with E-state index in [4.69, 9.17) is 9.97 Å². The second kappa shape index (κ2) is 13.6. The number of aromatic nitrogens is 6. The average Bonchev–Trinajstić information content (AvgIpc) is 3.67. The van der Waals surface area contributed by atoms with Crippen LogP contribution in [0.4, 0.5) is 10.1 Å². The molecule has 232 valence electrons. The molecule has 1 fully saturated rings. The molecule has 1 saturated carbocycles. The second-order valence-corrected chi connectivity index (χ2v) is 12.2. The predicted octanol–water partition coefficient (Wildman–Crippen LogP) is 8.16. The molecule has 8 nitrogen and oxygen atoms in total.